The molecule has 68 heavy (non-hydrogen) atoms. The normalized spacial score (nSPS) is 31.6. The second kappa shape index (κ2) is 28.7. The van der Waals surface area contributed by atoms with Crippen LogP contribution in [0.25, 0.3) is 0 Å². The second-order valence-electron chi connectivity index (χ2n) is 25.5. The highest BCUT2D eigenvalue weighted by atomic mass is 16.6. The van der Waals surface area contributed by atoms with E-state index in [4.69, 9.17) is 9.47 Å². The van der Waals surface area contributed by atoms with Gasteiger partial charge in [0, 0.05) is 24.2 Å². The van der Waals surface area contributed by atoms with Crippen molar-refractivity contribution in [2.75, 3.05) is 0 Å². The summed E-state index contributed by atoms with van der Waals surface area (Å²) in [6, 6.07) is 0. The molecule has 0 spiro atoms. The van der Waals surface area contributed by atoms with E-state index in [2.05, 4.69) is 75.3 Å². The summed E-state index contributed by atoms with van der Waals surface area (Å²) in [5.41, 5.74) is -0.447. The molecule has 0 aliphatic heterocycles. The SMILES string of the molecule is CCCCCCCCCCCCCCCC(=O)OC1CCC2(C)C(C(O)CC3(C)C2CC(O)C2C(C(C)(CCC=C(C)C)OC(=O)CCCCCCCCCCCCCCC)CCC23C)C1(C)C. The fraction of sp³-hybridized carbons (Fsp3) is 0.935. The quantitative estimate of drug-likeness (QED) is 0.0379. The Balaban J connectivity index is 1.32. The van der Waals surface area contributed by atoms with Gasteiger partial charge in [0.1, 0.15) is 11.7 Å². The lowest BCUT2D eigenvalue weighted by atomic mass is 9.34. The molecule has 0 bridgehead atoms. The van der Waals surface area contributed by atoms with Gasteiger partial charge in [0.15, 0.2) is 0 Å². The first-order chi connectivity index (χ1) is 32.4. The van der Waals surface area contributed by atoms with Crippen LogP contribution in [0.4, 0.5) is 0 Å². The fourth-order valence-electron chi connectivity index (χ4n) is 15.9. The van der Waals surface area contributed by atoms with E-state index in [9.17, 15) is 19.8 Å². The van der Waals surface area contributed by atoms with Crippen molar-refractivity contribution < 1.29 is 29.3 Å². The lowest BCUT2D eigenvalue weighted by Gasteiger charge is -2.71. The Morgan fingerprint density at radius 2 is 1.06 bits per heavy atom. The van der Waals surface area contributed by atoms with E-state index >= 15 is 0 Å². The third kappa shape index (κ3) is 15.8. The third-order valence-electron chi connectivity index (χ3n) is 19.8. The summed E-state index contributed by atoms with van der Waals surface area (Å²) in [7, 11) is 0. The van der Waals surface area contributed by atoms with Gasteiger partial charge in [0.25, 0.3) is 0 Å². The number of carbonyl (C=O) groups is 2. The van der Waals surface area contributed by atoms with E-state index < -0.39 is 23.2 Å². The molecule has 0 aromatic heterocycles. The van der Waals surface area contributed by atoms with E-state index in [1.54, 1.807) is 0 Å². The summed E-state index contributed by atoms with van der Waals surface area (Å²) in [6.07, 6.45) is 41.8. The smallest absolute Gasteiger partial charge is 0.306 e. The Bertz CT molecular complexity index is 1480. The minimum Gasteiger partial charge on any atom is -0.462 e. The maximum atomic E-state index is 13.8. The molecule has 0 radical (unpaired) electrons. The van der Waals surface area contributed by atoms with Crippen molar-refractivity contribution in [3.63, 3.8) is 0 Å². The number of rotatable bonds is 34. The highest BCUT2D eigenvalue weighted by Gasteiger charge is 2.73. The Kier molecular flexibility index (Phi) is 25.0. The Morgan fingerprint density at radius 3 is 1.53 bits per heavy atom. The molecule has 0 aromatic rings. The summed E-state index contributed by atoms with van der Waals surface area (Å²) < 4.78 is 13.1. The van der Waals surface area contributed by atoms with Crippen LogP contribution in [0.2, 0.25) is 0 Å². The molecule has 4 saturated carbocycles. The maximum Gasteiger partial charge on any atom is 0.306 e. The molecular weight excluding hydrogens is 841 g/mol. The Labute approximate surface area is 420 Å². The zero-order valence-electron chi connectivity index (χ0n) is 46.6. The molecule has 6 nitrogen and oxygen atoms in total. The van der Waals surface area contributed by atoms with Crippen molar-refractivity contribution in [3.8, 4) is 0 Å². The van der Waals surface area contributed by atoms with Crippen LogP contribution >= 0.6 is 0 Å². The molecule has 4 fully saturated rings. The monoisotopic (exact) mass is 953 g/mol. The van der Waals surface area contributed by atoms with Crippen LogP contribution in [0.1, 0.15) is 300 Å². The van der Waals surface area contributed by atoms with Crippen LogP contribution in [0.5, 0.6) is 0 Å². The summed E-state index contributed by atoms with van der Waals surface area (Å²) >= 11 is 0. The average Bonchev–Trinajstić information content (AvgIpc) is 3.66. The van der Waals surface area contributed by atoms with Gasteiger partial charge in [-0.1, -0.05) is 214 Å². The van der Waals surface area contributed by atoms with Crippen molar-refractivity contribution in [1.82, 2.24) is 0 Å². The standard InChI is InChI=1S/C62H112O6/c1-11-13-15-17-19-21-23-25-27-29-31-33-35-39-54(65)67-53-42-44-59(7)52-46-50(63)56-49(41-45-60(56,8)61(52,9)47-51(64)57(59)58(53,5)6)62(10,43-37-38-48(3)4)68-55(66)40-36-34-32-30-28-26-24-22-20-18-16-14-12-2/h38,49-53,56-57,63-64H,11-37,39-47H2,1-10H3. The van der Waals surface area contributed by atoms with E-state index in [0.29, 0.717) is 25.7 Å². The fourth-order valence-corrected chi connectivity index (χ4v) is 15.9. The van der Waals surface area contributed by atoms with Gasteiger partial charge < -0.3 is 19.7 Å². The minimum absolute atomic E-state index is 0.0210. The Morgan fingerprint density at radius 1 is 0.603 bits per heavy atom. The maximum absolute atomic E-state index is 13.8. The van der Waals surface area contributed by atoms with Gasteiger partial charge in [-0.15, -0.1) is 0 Å². The van der Waals surface area contributed by atoms with Crippen LogP contribution in [0, 0.1) is 45.3 Å². The van der Waals surface area contributed by atoms with Crippen molar-refractivity contribution in [3.05, 3.63) is 11.6 Å². The minimum atomic E-state index is -0.678. The lowest BCUT2D eigenvalue weighted by Crippen LogP contribution is -2.70. The number of allylic oxidation sites excluding steroid dienone is 2. The van der Waals surface area contributed by atoms with Crippen molar-refractivity contribution >= 4 is 11.9 Å². The number of hydrogen-bond donors (Lipinski definition) is 2. The molecule has 11 atom stereocenters. The van der Waals surface area contributed by atoms with Gasteiger partial charge >= 0.3 is 11.9 Å². The predicted octanol–water partition coefficient (Wildman–Crippen LogP) is 17.5. The summed E-state index contributed by atoms with van der Waals surface area (Å²) in [5, 5.41) is 25.2. The van der Waals surface area contributed by atoms with E-state index in [1.807, 2.05) is 0 Å². The van der Waals surface area contributed by atoms with Gasteiger partial charge in [0.05, 0.1) is 12.2 Å². The number of esters is 2. The van der Waals surface area contributed by atoms with Crippen LogP contribution in [0.3, 0.4) is 0 Å². The molecule has 396 valence electrons. The molecule has 4 aliphatic rings. The van der Waals surface area contributed by atoms with Crippen LogP contribution in [-0.4, -0.2) is 46.1 Å². The molecule has 6 heteroatoms. The number of unbranched alkanes of at least 4 members (excludes halogenated alkanes) is 24. The molecule has 11 unspecified atom stereocenters. The summed E-state index contributed by atoms with van der Waals surface area (Å²) in [4.78, 5) is 27.2. The van der Waals surface area contributed by atoms with E-state index in [0.717, 1.165) is 64.2 Å². The number of carbonyl (C=O) groups excluding carboxylic acids is 2. The van der Waals surface area contributed by atoms with E-state index in [1.165, 1.54) is 147 Å². The van der Waals surface area contributed by atoms with Gasteiger partial charge in [-0.05, 0) is 119 Å². The third-order valence-corrected chi connectivity index (χ3v) is 19.8. The van der Waals surface area contributed by atoms with Gasteiger partial charge in [-0.3, -0.25) is 9.59 Å². The molecular formula is C62H112O6. The van der Waals surface area contributed by atoms with Crippen molar-refractivity contribution in [2.45, 2.75) is 324 Å². The average molecular weight is 954 g/mol. The van der Waals surface area contributed by atoms with Crippen molar-refractivity contribution in [2.24, 2.45) is 45.3 Å². The zero-order valence-corrected chi connectivity index (χ0v) is 46.6. The molecule has 0 saturated heterocycles. The highest BCUT2D eigenvalue weighted by Crippen LogP contribution is 2.76. The number of aliphatic hydroxyl groups excluding tert-OH is 2. The lowest BCUT2D eigenvalue weighted by molar-refractivity contribution is -0.276. The first-order valence-corrected chi connectivity index (χ1v) is 29.8. The Hall–Kier alpha value is -1.40. The predicted molar refractivity (Wildman–Crippen MR) is 285 cm³/mol. The van der Waals surface area contributed by atoms with Crippen LogP contribution in [-0.2, 0) is 19.1 Å². The second-order valence-corrected chi connectivity index (χ2v) is 25.5. The van der Waals surface area contributed by atoms with Gasteiger partial charge in [-0.2, -0.15) is 0 Å². The highest BCUT2D eigenvalue weighted by molar-refractivity contribution is 5.70. The first-order valence-electron chi connectivity index (χ1n) is 29.8. The molecule has 4 aliphatic carbocycles. The first kappa shape index (κ1) is 59.2. The largest absolute Gasteiger partial charge is 0.462 e. The molecule has 0 heterocycles. The molecule has 0 amide bonds. The van der Waals surface area contributed by atoms with Crippen molar-refractivity contribution in [1.29, 1.82) is 0 Å². The molecule has 0 aromatic carbocycles. The molecule has 4 rings (SSSR count). The van der Waals surface area contributed by atoms with E-state index in [-0.39, 0.29) is 58.0 Å². The summed E-state index contributed by atoms with van der Waals surface area (Å²) in [5.74, 6) is 0.0419. The molecule has 2 N–H and O–H groups in total. The topological polar surface area (TPSA) is 93.1 Å². The van der Waals surface area contributed by atoms with Gasteiger partial charge in [-0.25, -0.2) is 0 Å². The zero-order chi connectivity index (χ0) is 49.9. The number of aliphatic hydroxyl groups is 2. The number of hydrogen-bond acceptors (Lipinski definition) is 6. The van der Waals surface area contributed by atoms with Crippen LogP contribution in [0.15, 0.2) is 11.6 Å². The number of fused-ring (bicyclic) bond motifs is 5. The van der Waals surface area contributed by atoms with Gasteiger partial charge in [0.2, 0.25) is 0 Å². The van der Waals surface area contributed by atoms with Crippen LogP contribution < -0.4 is 0 Å². The summed E-state index contributed by atoms with van der Waals surface area (Å²) in [6.45, 7) is 22.8. The number of ether oxygens (including phenoxy) is 2.